The van der Waals surface area contributed by atoms with Gasteiger partial charge >= 0.3 is 0 Å². The highest BCUT2D eigenvalue weighted by molar-refractivity contribution is 5.55. The SMILES string of the molecule is CCCCCCCc1cnc(-c2ccc(C3CCC(CCCCCC)CC3)c(F)c2)nc1. The van der Waals surface area contributed by atoms with Crippen LogP contribution in [0.25, 0.3) is 11.4 Å². The number of hydrogen-bond acceptors (Lipinski definition) is 2. The van der Waals surface area contributed by atoms with Crippen molar-refractivity contribution in [2.24, 2.45) is 5.92 Å². The van der Waals surface area contributed by atoms with Crippen molar-refractivity contribution in [3.05, 3.63) is 47.5 Å². The zero-order valence-electron chi connectivity index (χ0n) is 20.4. The Bertz CT molecular complexity index is 778. The average molecular weight is 439 g/mol. The van der Waals surface area contributed by atoms with E-state index in [1.807, 2.05) is 24.5 Å². The predicted molar refractivity (Wildman–Crippen MR) is 133 cm³/mol. The first kappa shape index (κ1) is 24.9. The number of benzene rings is 1. The summed E-state index contributed by atoms with van der Waals surface area (Å²) in [6.45, 7) is 4.51. The summed E-state index contributed by atoms with van der Waals surface area (Å²) in [5.74, 6) is 1.76. The van der Waals surface area contributed by atoms with Crippen LogP contribution in [-0.2, 0) is 6.42 Å². The number of unbranched alkanes of at least 4 members (excludes halogenated alkanes) is 7. The molecule has 1 aliphatic rings. The molecule has 0 aliphatic heterocycles. The van der Waals surface area contributed by atoms with Crippen LogP contribution in [0.15, 0.2) is 30.6 Å². The molecule has 0 saturated heterocycles. The Balaban J connectivity index is 1.50. The molecule has 2 nitrogen and oxygen atoms in total. The van der Waals surface area contributed by atoms with Crippen LogP contribution in [0.3, 0.4) is 0 Å². The molecular weight excluding hydrogens is 395 g/mol. The molecule has 3 heteroatoms. The van der Waals surface area contributed by atoms with Crippen LogP contribution in [0, 0.1) is 11.7 Å². The standard InChI is InChI=1S/C29H43FN2/c1-3-5-7-9-11-13-24-21-31-29(32-22-24)26-18-19-27(28(30)20-26)25-16-14-23(15-17-25)12-10-8-6-4-2/h18-23,25H,3-17H2,1-2H3. The van der Waals surface area contributed by atoms with Crippen molar-refractivity contribution in [3.63, 3.8) is 0 Å². The normalized spacial score (nSPS) is 18.7. The van der Waals surface area contributed by atoms with Gasteiger partial charge in [0.05, 0.1) is 0 Å². The van der Waals surface area contributed by atoms with Crippen LogP contribution >= 0.6 is 0 Å². The van der Waals surface area contributed by atoms with Gasteiger partial charge in [-0.25, -0.2) is 14.4 Å². The summed E-state index contributed by atoms with van der Waals surface area (Å²) in [7, 11) is 0. The van der Waals surface area contributed by atoms with Crippen molar-refractivity contribution >= 4 is 0 Å². The van der Waals surface area contributed by atoms with E-state index in [1.165, 1.54) is 82.6 Å². The van der Waals surface area contributed by atoms with Gasteiger partial charge < -0.3 is 0 Å². The smallest absolute Gasteiger partial charge is 0.159 e. The first-order valence-electron chi connectivity index (χ1n) is 13.3. The maximum atomic E-state index is 15.0. The molecule has 3 rings (SSSR count). The molecule has 1 aromatic carbocycles. The fraction of sp³-hybridized carbons (Fsp3) is 0.655. The first-order valence-corrected chi connectivity index (χ1v) is 13.3. The summed E-state index contributed by atoms with van der Waals surface area (Å²) in [6.07, 6.45) is 22.7. The number of hydrogen-bond donors (Lipinski definition) is 0. The number of rotatable bonds is 13. The molecule has 1 aliphatic carbocycles. The van der Waals surface area contributed by atoms with Crippen LogP contribution in [0.1, 0.15) is 121 Å². The summed E-state index contributed by atoms with van der Waals surface area (Å²) in [5, 5.41) is 0. The lowest BCUT2D eigenvalue weighted by atomic mass is 9.76. The summed E-state index contributed by atoms with van der Waals surface area (Å²) in [6, 6.07) is 5.64. The Kier molecular flexibility index (Phi) is 10.6. The van der Waals surface area contributed by atoms with E-state index in [0.717, 1.165) is 36.3 Å². The number of aromatic nitrogens is 2. The van der Waals surface area contributed by atoms with Crippen molar-refractivity contribution in [1.82, 2.24) is 9.97 Å². The lowest BCUT2D eigenvalue weighted by molar-refractivity contribution is 0.298. The predicted octanol–water partition coefficient (Wildman–Crippen LogP) is 9.04. The molecule has 0 amide bonds. The fourth-order valence-electron chi connectivity index (χ4n) is 5.18. The van der Waals surface area contributed by atoms with E-state index in [4.69, 9.17) is 0 Å². The molecule has 1 fully saturated rings. The molecule has 0 unspecified atom stereocenters. The number of nitrogens with zero attached hydrogens (tertiary/aromatic N) is 2. The minimum Gasteiger partial charge on any atom is -0.236 e. The summed E-state index contributed by atoms with van der Waals surface area (Å²) < 4.78 is 15.0. The lowest BCUT2D eigenvalue weighted by Gasteiger charge is -2.29. The third kappa shape index (κ3) is 7.67. The molecule has 176 valence electrons. The van der Waals surface area contributed by atoms with Crippen LogP contribution in [0.2, 0.25) is 0 Å². The highest BCUT2D eigenvalue weighted by Gasteiger charge is 2.24. The maximum absolute atomic E-state index is 15.0. The van der Waals surface area contributed by atoms with E-state index >= 15 is 0 Å². The monoisotopic (exact) mass is 438 g/mol. The Morgan fingerprint density at radius 2 is 1.47 bits per heavy atom. The van der Waals surface area contributed by atoms with Crippen molar-refractivity contribution in [1.29, 1.82) is 0 Å². The molecule has 32 heavy (non-hydrogen) atoms. The van der Waals surface area contributed by atoms with Gasteiger partial charge in [-0.3, -0.25) is 0 Å². The van der Waals surface area contributed by atoms with Crippen LogP contribution in [0.4, 0.5) is 4.39 Å². The Hall–Kier alpha value is -1.77. The highest BCUT2D eigenvalue weighted by atomic mass is 19.1. The van der Waals surface area contributed by atoms with Gasteiger partial charge in [-0.05, 0) is 67.6 Å². The van der Waals surface area contributed by atoms with E-state index in [0.29, 0.717) is 11.7 Å². The highest BCUT2D eigenvalue weighted by Crippen LogP contribution is 2.39. The molecule has 2 aromatic rings. The van der Waals surface area contributed by atoms with E-state index in [-0.39, 0.29) is 5.82 Å². The first-order chi connectivity index (χ1) is 15.7. The van der Waals surface area contributed by atoms with Crippen molar-refractivity contribution in [3.8, 4) is 11.4 Å². The van der Waals surface area contributed by atoms with Crippen molar-refractivity contribution in [2.45, 2.75) is 116 Å². The topological polar surface area (TPSA) is 25.8 Å². The van der Waals surface area contributed by atoms with Crippen LogP contribution in [-0.4, -0.2) is 9.97 Å². The Morgan fingerprint density at radius 3 is 2.12 bits per heavy atom. The van der Waals surface area contributed by atoms with Crippen molar-refractivity contribution < 1.29 is 4.39 Å². The third-order valence-electron chi connectivity index (χ3n) is 7.29. The van der Waals surface area contributed by atoms with Gasteiger partial charge in [-0.1, -0.05) is 83.8 Å². The van der Waals surface area contributed by atoms with Gasteiger partial charge in [-0.2, -0.15) is 0 Å². The minimum absolute atomic E-state index is 0.0857. The van der Waals surface area contributed by atoms with Gasteiger partial charge in [0.25, 0.3) is 0 Å². The fourth-order valence-corrected chi connectivity index (χ4v) is 5.18. The van der Waals surface area contributed by atoms with Gasteiger partial charge in [0.1, 0.15) is 5.82 Å². The van der Waals surface area contributed by atoms with E-state index < -0.39 is 0 Å². The second-order valence-corrected chi connectivity index (χ2v) is 9.88. The second kappa shape index (κ2) is 13.7. The lowest BCUT2D eigenvalue weighted by Crippen LogP contribution is -2.14. The maximum Gasteiger partial charge on any atom is 0.159 e. The zero-order valence-corrected chi connectivity index (χ0v) is 20.4. The molecule has 0 bridgehead atoms. The summed E-state index contributed by atoms with van der Waals surface area (Å²) in [5.41, 5.74) is 2.85. The minimum atomic E-state index is -0.0857. The molecule has 1 heterocycles. The largest absolute Gasteiger partial charge is 0.236 e. The molecule has 0 spiro atoms. The quantitative estimate of drug-likeness (QED) is 0.291. The van der Waals surface area contributed by atoms with E-state index in [2.05, 4.69) is 23.8 Å². The van der Waals surface area contributed by atoms with Gasteiger partial charge in [0.2, 0.25) is 0 Å². The average Bonchev–Trinajstić information content (AvgIpc) is 2.83. The summed E-state index contributed by atoms with van der Waals surface area (Å²) in [4.78, 5) is 9.04. The summed E-state index contributed by atoms with van der Waals surface area (Å²) >= 11 is 0. The molecule has 0 N–H and O–H groups in total. The van der Waals surface area contributed by atoms with Gasteiger partial charge in [0, 0.05) is 18.0 Å². The van der Waals surface area contributed by atoms with Gasteiger partial charge in [-0.15, -0.1) is 0 Å². The number of halogens is 1. The molecule has 1 saturated carbocycles. The second-order valence-electron chi connectivity index (χ2n) is 9.88. The molecule has 0 atom stereocenters. The van der Waals surface area contributed by atoms with Gasteiger partial charge in [0.15, 0.2) is 5.82 Å². The Morgan fingerprint density at radius 1 is 0.812 bits per heavy atom. The molecule has 0 radical (unpaired) electrons. The zero-order chi connectivity index (χ0) is 22.6. The Labute approximate surface area is 195 Å². The van der Waals surface area contributed by atoms with E-state index in [9.17, 15) is 4.39 Å². The van der Waals surface area contributed by atoms with Crippen LogP contribution in [0.5, 0.6) is 0 Å². The molecule has 1 aromatic heterocycles. The van der Waals surface area contributed by atoms with E-state index in [1.54, 1.807) is 6.07 Å². The molecular formula is C29H43FN2. The number of aryl methyl sites for hydroxylation is 1. The van der Waals surface area contributed by atoms with Crippen LogP contribution < -0.4 is 0 Å². The van der Waals surface area contributed by atoms with Crippen molar-refractivity contribution in [2.75, 3.05) is 0 Å². The third-order valence-corrected chi connectivity index (χ3v) is 7.29.